The van der Waals surface area contributed by atoms with Gasteiger partial charge >= 0.3 is 0 Å². The Morgan fingerprint density at radius 2 is 2.15 bits per heavy atom. The largest absolute Gasteiger partial charge is 0.348 e. The van der Waals surface area contributed by atoms with Crippen molar-refractivity contribution in [2.24, 2.45) is 5.92 Å². The first-order chi connectivity index (χ1) is 19.9. The van der Waals surface area contributed by atoms with E-state index in [2.05, 4.69) is 64.0 Å². The van der Waals surface area contributed by atoms with Crippen molar-refractivity contribution in [2.75, 3.05) is 39.8 Å². The highest BCUT2D eigenvalue weighted by Gasteiger charge is 2.50. The molecule has 0 bridgehead atoms. The van der Waals surface area contributed by atoms with Crippen molar-refractivity contribution in [3.05, 3.63) is 41.4 Å². The third kappa shape index (κ3) is 6.21. The lowest BCUT2D eigenvalue weighted by Gasteiger charge is -2.56. The lowest BCUT2D eigenvalue weighted by Crippen LogP contribution is -2.72. The lowest BCUT2D eigenvalue weighted by atomic mass is 9.73. The van der Waals surface area contributed by atoms with Crippen LogP contribution in [0.25, 0.3) is 0 Å². The van der Waals surface area contributed by atoms with E-state index in [9.17, 15) is 10.1 Å². The number of piperazine rings is 1. The number of thioether (sulfide) groups is 1. The van der Waals surface area contributed by atoms with Crippen molar-refractivity contribution in [1.82, 2.24) is 25.3 Å². The van der Waals surface area contributed by atoms with Gasteiger partial charge in [0.05, 0.1) is 31.3 Å². The van der Waals surface area contributed by atoms with Gasteiger partial charge in [0.25, 0.3) is 0 Å². The van der Waals surface area contributed by atoms with Gasteiger partial charge in [-0.3, -0.25) is 20.3 Å². The van der Waals surface area contributed by atoms with E-state index in [1.807, 2.05) is 11.0 Å². The molecule has 0 aromatic heterocycles. The van der Waals surface area contributed by atoms with E-state index < -0.39 is 0 Å². The number of carbonyl (C=O) groups is 1. The fourth-order valence-electron chi connectivity index (χ4n) is 7.87. The van der Waals surface area contributed by atoms with Crippen LogP contribution in [0.1, 0.15) is 50.5 Å². The summed E-state index contributed by atoms with van der Waals surface area (Å²) in [6.07, 6.45) is 9.64. The Labute approximate surface area is 253 Å². The van der Waals surface area contributed by atoms with Crippen molar-refractivity contribution in [1.29, 1.82) is 5.26 Å². The van der Waals surface area contributed by atoms with Gasteiger partial charge in [0.15, 0.2) is 6.35 Å². The van der Waals surface area contributed by atoms with Gasteiger partial charge in [-0.15, -0.1) is 11.8 Å². The van der Waals surface area contributed by atoms with Crippen LogP contribution in [-0.4, -0.2) is 95.8 Å². The molecule has 1 amide bonds. The Bertz CT molecular complexity index is 1180. The van der Waals surface area contributed by atoms with E-state index in [-0.39, 0.29) is 29.2 Å². The maximum atomic E-state index is 12.6. The first-order valence-corrected chi connectivity index (χ1v) is 16.4. The Morgan fingerprint density at radius 1 is 1.27 bits per heavy atom. The average molecular weight is 599 g/mol. The summed E-state index contributed by atoms with van der Waals surface area (Å²) in [5, 5.41) is 18.1. The molecule has 10 heteroatoms. The molecule has 3 saturated heterocycles. The molecule has 222 valence electrons. The molecule has 4 heterocycles. The second-order valence-corrected chi connectivity index (χ2v) is 14.5. The summed E-state index contributed by atoms with van der Waals surface area (Å²) in [6.45, 7) is 7.58. The van der Waals surface area contributed by atoms with E-state index in [0.717, 1.165) is 37.4 Å². The number of rotatable bonds is 6. The number of nitrogens with zero attached hydrogens (tertiary/aromatic N) is 4. The summed E-state index contributed by atoms with van der Waals surface area (Å²) in [7, 11) is 2.19. The minimum atomic E-state index is -0.229. The molecule has 6 rings (SSSR count). The van der Waals surface area contributed by atoms with Crippen LogP contribution in [0.4, 0.5) is 0 Å². The van der Waals surface area contributed by atoms with Crippen molar-refractivity contribution in [2.45, 2.75) is 91.7 Å². The Balaban J connectivity index is 1.20. The molecule has 1 saturated carbocycles. The van der Waals surface area contributed by atoms with E-state index in [1.165, 1.54) is 42.2 Å². The number of benzene rings is 1. The number of nitrogens with one attached hydrogen (secondary N) is 2. The number of likely N-dealkylation sites (tertiary alicyclic amines) is 1. The van der Waals surface area contributed by atoms with Crippen molar-refractivity contribution in [3.63, 3.8) is 0 Å². The molecule has 41 heavy (non-hydrogen) atoms. The third-order valence-electron chi connectivity index (χ3n) is 10.2. The van der Waals surface area contributed by atoms with Gasteiger partial charge in [-0.05, 0) is 88.4 Å². The Morgan fingerprint density at radius 3 is 2.93 bits per heavy atom. The van der Waals surface area contributed by atoms with E-state index in [0.29, 0.717) is 44.1 Å². The summed E-state index contributed by atoms with van der Waals surface area (Å²) in [4.78, 5) is 20.6. The van der Waals surface area contributed by atoms with Crippen LogP contribution in [0.2, 0.25) is 5.02 Å². The van der Waals surface area contributed by atoms with E-state index in [1.54, 1.807) is 0 Å². The number of aryl methyl sites for hydroxylation is 1. The molecule has 1 aliphatic carbocycles. The molecule has 5 aliphatic rings. The number of ether oxygens (including phenoxy) is 1. The number of likely N-dealkylation sites (N-methyl/N-ethyl adjacent to an activating group) is 1. The molecule has 1 spiro atoms. The van der Waals surface area contributed by atoms with Crippen molar-refractivity contribution >= 4 is 29.3 Å². The zero-order valence-corrected chi connectivity index (χ0v) is 25.6. The molecule has 4 aliphatic heterocycles. The second kappa shape index (κ2) is 12.5. The van der Waals surface area contributed by atoms with Crippen LogP contribution in [-0.2, 0) is 16.0 Å². The molecule has 7 atom stereocenters. The Kier molecular flexibility index (Phi) is 9.00. The van der Waals surface area contributed by atoms with Gasteiger partial charge in [-0.1, -0.05) is 18.2 Å². The smallest absolute Gasteiger partial charge is 0.246 e. The minimum Gasteiger partial charge on any atom is -0.348 e. The fraction of sp³-hybridized carbons (Fsp3) is 0.677. The normalized spacial score (nSPS) is 36.0. The summed E-state index contributed by atoms with van der Waals surface area (Å²) < 4.78 is 6.78. The number of nitriles is 1. The summed E-state index contributed by atoms with van der Waals surface area (Å²) in [5.41, 5.74) is 1.38. The highest BCUT2D eigenvalue weighted by Crippen LogP contribution is 2.53. The standard InChI is InChI=1S/C31H43ClN6O2S/c1-3-28(39)38-16-15-37(19-23(38)10-13-33)29-25-9-12-31(11-8-21-17-22(32)6-7-27(21)41-31)18-26(25)34-30(35-29)40-20-24-5-4-14-36(24)2/h3,6-7,17,23-26,29-30,34-35H,1,4-5,8-12,14-16,18-20H2,2H3/t23?,24?,25?,26?,29?,30?,31-/m1/s1. The van der Waals surface area contributed by atoms with Crippen LogP contribution >= 0.6 is 23.4 Å². The Hall–Kier alpha value is -1.64. The predicted octanol–water partition coefficient (Wildman–Crippen LogP) is 3.81. The predicted molar refractivity (Wildman–Crippen MR) is 162 cm³/mol. The van der Waals surface area contributed by atoms with Crippen molar-refractivity contribution < 1.29 is 9.53 Å². The minimum absolute atomic E-state index is 0.0848. The number of halogens is 1. The van der Waals surface area contributed by atoms with Gasteiger partial charge in [0.1, 0.15) is 0 Å². The SMILES string of the molecule is C=CC(=O)N1CCN(C2NC(OCC3CCCN3C)NC3C[C@@]4(CCc5cc(Cl)ccc5S4)CCC32)CC1CC#N. The van der Waals surface area contributed by atoms with E-state index >= 15 is 0 Å². The maximum absolute atomic E-state index is 12.6. The zero-order valence-electron chi connectivity index (χ0n) is 24.1. The van der Waals surface area contributed by atoms with Gasteiger partial charge in [-0.25, -0.2) is 0 Å². The first kappa shape index (κ1) is 29.4. The number of fused-ring (bicyclic) bond motifs is 2. The molecule has 1 aromatic carbocycles. The van der Waals surface area contributed by atoms with Crippen LogP contribution < -0.4 is 10.6 Å². The molecule has 2 N–H and O–H groups in total. The van der Waals surface area contributed by atoms with Gasteiger partial charge in [0.2, 0.25) is 5.91 Å². The zero-order chi connectivity index (χ0) is 28.6. The number of hydrogen-bond donors (Lipinski definition) is 2. The summed E-state index contributed by atoms with van der Waals surface area (Å²) >= 11 is 8.37. The summed E-state index contributed by atoms with van der Waals surface area (Å²) in [5.74, 6) is 0.338. The number of carbonyl (C=O) groups excluding carboxylic acids is 1. The average Bonchev–Trinajstić information content (AvgIpc) is 3.39. The number of amides is 1. The van der Waals surface area contributed by atoms with Gasteiger partial charge in [-0.2, -0.15) is 5.26 Å². The molecule has 4 fully saturated rings. The molecule has 6 unspecified atom stereocenters. The van der Waals surface area contributed by atoms with E-state index in [4.69, 9.17) is 16.3 Å². The monoisotopic (exact) mass is 598 g/mol. The highest BCUT2D eigenvalue weighted by molar-refractivity contribution is 8.00. The fourth-order valence-corrected chi connectivity index (χ4v) is 9.64. The highest BCUT2D eigenvalue weighted by atomic mass is 35.5. The van der Waals surface area contributed by atoms with Gasteiger partial charge in [0, 0.05) is 52.3 Å². The maximum Gasteiger partial charge on any atom is 0.246 e. The first-order valence-electron chi connectivity index (χ1n) is 15.2. The second-order valence-electron chi connectivity index (χ2n) is 12.6. The van der Waals surface area contributed by atoms with Crippen LogP contribution in [0.3, 0.4) is 0 Å². The number of hydrogen-bond acceptors (Lipinski definition) is 8. The van der Waals surface area contributed by atoms with Crippen LogP contribution in [0, 0.1) is 17.2 Å². The molecular formula is C31H43ClN6O2S. The molecular weight excluding hydrogens is 556 g/mol. The van der Waals surface area contributed by atoms with Crippen molar-refractivity contribution in [3.8, 4) is 6.07 Å². The third-order valence-corrected chi connectivity index (χ3v) is 12.0. The quantitative estimate of drug-likeness (QED) is 0.479. The lowest BCUT2D eigenvalue weighted by molar-refractivity contribution is -0.135. The van der Waals surface area contributed by atoms with Crippen LogP contribution in [0.15, 0.2) is 35.7 Å². The molecule has 1 aromatic rings. The summed E-state index contributed by atoms with van der Waals surface area (Å²) in [6, 6.07) is 9.33. The topological polar surface area (TPSA) is 83.9 Å². The molecule has 0 radical (unpaired) electrons. The van der Waals surface area contributed by atoms with Gasteiger partial charge < -0.3 is 14.5 Å². The van der Waals surface area contributed by atoms with Crippen LogP contribution in [0.5, 0.6) is 0 Å². The molecule has 8 nitrogen and oxygen atoms in total.